The average molecular weight is 403 g/mol. The average Bonchev–Trinajstić information content (AvgIpc) is 3.26. The number of hydrogen-bond acceptors (Lipinski definition) is 8. The summed E-state index contributed by atoms with van der Waals surface area (Å²) >= 11 is 1.16. The number of carbonyl (C=O) groups excluding carboxylic acids is 1. The number of ether oxygens (including phenoxy) is 2. The molecule has 0 saturated carbocycles. The Bertz CT molecular complexity index is 998. The van der Waals surface area contributed by atoms with Gasteiger partial charge in [-0.2, -0.15) is 5.10 Å². The molecule has 2 aromatic heterocycles. The van der Waals surface area contributed by atoms with Crippen LogP contribution in [0, 0.1) is 13.8 Å². The predicted octanol–water partition coefficient (Wildman–Crippen LogP) is 2.83. The van der Waals surface area contributed by atoms with Crippen molar-refractivity contribution in [2.75, 3.05) is 25.3 Å². The third-order valence-electron chi connectivity index (χ3n) is 4.14. The molecule has 0 radical (unpaired) electrons. The largest absolute Gasteiger partial charge is 0.493 e. The number of aryl methyl sites for hydroxylation is 2. The molecule has 2 heterocycles. The Labute approximate surface area is 166 Å². The number of carbonyl (C=O) groups is 1. The summed E-state index contributed by atoms with van der Waals surface area (Å²) in [6.45, 7) is 3.75. The van der Waals surface area contributed by atoms with Crippen LogP contribution in [0.1, 0.15) is 11.4 Å². The summed E-state index contributed by atoms with van der Waals surface area (Å²) in [4.78, 5) is 12.2. The van der Waals surface area contributed by atoms with Crippen LogP contribution in [0.4, 0.5) is 5.69 Å². The number of aromatic nitrogens is 4. The number of rotatable bonds is 7. The van der Waals surface area contributed by atoms with Gasteiger partial charge >= 0.3 is 0 Å². The Morgan fingerprint density at radius 2 is 1.96 bits per heavy atom. The van der Waals surface area contributed by atoms with Crippen LogP contribution in [0.15, 0.2) is 27.8 Å². The fourth-order valence-corrected chi connectivity index (χ4v) is 3.17. The molecule has 9 nitrogen and oxygen atoms in total. The van der Waals surface area contributed by atoms with Gasteiger partial charge in [-0.3, -0.25) is 9.48 Å². The van der Waals surface area contributed by atoms with E-state index in [1.54, 1.807) is 37.1 Å². The third kappa shape index (κ3) is 4.11. The number of thioether (sulfide) groups is 1. The number of hydrogen-bond donors (Lipinski definition) is 1. The SMILES string of the molecule is COc1ccc(-c2nnc(SCC(=O)Nc3c(C)nn(C)c3C)o2)cc1OC. The maximum atomic E-state index is 12.2. The number of nitrogens with zero attached hydrogens (tertiary/aromatic N) is 4. The topological polar surface area (TPSA) is 104 Å². The molecule has 148 valence electrons. The van der Waals surface area contributed by atoms with E-state index in [9.17, 15) is 4.79 Å². The number of nitrogens with one attached hydrogen (secondary N) is 1. The molecule has 10 heteroatoms. The number of benzene rings is 1. The van der Waals surface area contributed by atoms with E-state index in [0.29, 0.717) is 28.2 Å². The molecule has 0 unspecified atom stereocenters. The molecule has 1 N–H and O–H groups in total. The van der Waals surface area contributed by atoms with Crippen LogP contribution in [0.25, 0.3) is 11.5 Å². The standard InChI is InChI=1S/C18H21N5O4S/c1-10-16(11(2)23(3)22-10)19-15(24)9-28-18-21-20-17(27-18)12-6-7-13(25-4)14(8-12)26-5/h6-8H,9H2,1-5H3,(H,19,24). The van der Waals surface area contributed by atoms with E-state index in [2.05, 4.69) is 20.6 Å². The molecule has 0 spiro atoms. The fourth-order valence-electron chi connectivity index (χ4n) is 2.61. The first-order chi connectivity index (χ1) is 13.4. The van der Waals surface area contributed by atoms with Gasteiger partial charge in [-0.05, 0) is 32.0 Å². The summed E-state index contributed by atoms with van der Waals surface area (Å²) in [5, 5.41) is 15.5. The van der Waals surface area contributed by atoms with Crippen molar-refractivity contribution in [2.24, 2.45) is 7.05 Å². The monoisotopic (exact) mass is 403 g/mol. The van der Waals surface area contributed by atoms with Crippen LogP contribution in [0.2, 0.25) is 0 Å². The van der Waals surface area contributed by atoms with Crippen LogP contribution < -0.4 is 14.8 Å². The van der Waals surface area contributed by atoms with Crippen molar-refractivity contribution < 1.29 is 18.7 Å². The van der Waals surface area contributed by atoms with Crippen molar-refractivity contribution in [1.82, 2.24) is 20.0 Å². The lowest BCUT2D eigenvalue weighted by molar-refractivity contribution is -0.113. The van der Waals surface area contributed by atoms with Crippen molar-refractivity contribution in [2.45, 2.75) is 19.1 Å². The van der Waals surface area contributed by atoms with Crippen LogP contribution in [-0.4, -0.2) is 45.9 Å². The van der Waals surface area contributed by atoms with Crippen molar-refractivity contribution in [3.63, 3.8) is 0 Å². The van der Waals surface area contributed by atoms with Gasteiger partial charge in [0.25, 0.3) is 5.22 Å². The molecule has 1 aromatic carbocycles. The molecule has 0 fully saturated rings. The molecule has 0 atom stereocenters. The normalized spacial score (nSPS) is 10.8. The second-order valence-electron chi connectivity index (χ2n) is 5.95. The lowest BCUT2D eigenvalue weighted by Gasteiger charge is -2.07. The smallest absolute Gasteiger partial charge is 0.277 e. The van der Waals surface area contributed by atoms with Gasteiger partial charge < -0.3 is 19.2 Å². The van der Waals surface area contributed by atoms with E-state index in [1.165, 1.54) is 0 Å². The van der Waals surface area contributed by atoms with E-state index < -0.39 is 0 Å². The molecule has 0 aliphatic heterocycles. The molecule has 0 saturated heterocycles. The van der Waals surface area contributed by atoms with Crippen LogP contribution in [-0.2, 0) is 11.8 Å². The summed E-state index contributed by atoms with van der Waals surface area (Å²) in [6, 6.07) is 5.31. The maximum Gasteiger partial charge on any atom is 0.277 e. The Kier molecular flexibility index (Phi) is 5.88. The third-order valence-corrected chi connectivity index (χ3v) is 4.96. The molecular formula is C18H21N5O4S. The summed E-state index contributed by atoms with van der Waals surface area (Å²) < 4.78 is 17.9. The van der Waals surface area contributed by atoms with Crippen molar-refractivity contribution >= 4 is 23.4 Å². The second kappa shape index (κ2) is 8.34. The van der Waals surface area contributed by atoms with Gasteiger partial charge in [0.05, 0.1) is 37.0 Å². The number of amides is 1. The first-order valence-corrected chi connectivity index (χ1v) is 9.40. The second-order valence-corrected chi connectivity index (χ2v) is 6.88. The molecule has 0 aliphatic rings. The minimum atomic E-state index is -0.171. The number of methoxy groups -OCH3 is 2. The van der Waals surface area contributed by atoms with Crippen LogP contribution >= 0.6 is 11.8 Å². The lowest BCUT2D eigenvalue weighted by Crippen LogP contribution is -2.15. The summed E-state index contributed by atoms with van der Waals surface area (Å²) in [5.74, 6) is 1.48. The first-order valence-electron chi connectivity index (χ1n) is 8.41. The van der Waals surface area contributed by atoms with Gasteiger partial charge in [0.15, 0.2) is 11.5 Å². The highest BCUT2D eigenvalue weighted by molar-refractivity contribution is 7.99. The molecule has 1 amide bonds. The van der Waals surface area contributed by atoms with Gasteiger partial charge in [-0.25, -0.2) is 0 Å². The van der Waals surface area contributed by atoms with Crippen molar-refractivity contribution in [1.29, 1.82) is 0 Å². The molecule has 0 aliphatic carbocycles. The lowest BCUT2D eigenvalue weighted by atomic mass is 10.2. The molecule has 3 rings (SSSR count). The predicted molar refractivity (Wildman–Crippen MR) is 105 cm³/mol. The van der Waals surface area contributed by atoms with E-state index in [-0.39, 0.29) is 11.7 Å². The molecule has 0 bridgehead atoms. The Morgan fingerprint density at radius 3 is 2.61 bits per heavy atom. The Hall–Kier alpha value is -3.01. The van der Waals surface area contributed by atoms with Crippen LogP contribution in [0.5, 0.6) is 11.5 Å². The highest BCUT2D eigenvalue weighted by Crippen LogP contribution is 2.32. The Balaban J connectivity index is 1.64. The fraction of sp³-hybridized carbons (Fsp3) is 0.333. The molecule has 28 heavy (non-hydrogen) atoms. The van der Waals surface area contributed by atoms with Gasteiger partial charge in [0.1, 0.15) is 0 Å². The van der Waals surface area contributed by atoms with Crippen molar-refractivity contribution in [3.05, 3.63) is 29.6 Å². The van der Waals surface area contributed by atoms with E-state index >= 15 is 0 Å². The van der Waals surface area contributed by atoms with Crippen molar-refractivity contribution in [3.8, 4) is 23.0 Å². The van der Waals surface area contributed by atoms with Crippen LogP contribution in [0.3, 0.4) is 0 Å². The first kappa shape index (κ1) is 19.7. The Morgan fingerprint density at radius 1 is 1.21 bits per heavy atom. The van der Waals surface area contributed by atoms with Gasteiger partial charge in [0, 0.05) is 12.6 Å². The zero-order valence-corrected chi connectivity index (χ0v) is 17.1. The summed E-state index contributed by atoms with van der Waals surface area (Å²) in [6.07, 6.45) is 0. The maximum absolute atomic E-state index is 12.2. The minimum absolute atomic E-state index is 0.140. The summed E-state index contributed by atoms with van der Waals surface area (Å²) in [7, 11) is 4.96. The van der Waals surface area contributed by atoms with Gasteiger partial charge in [-0.15, -0.1) is 10.2 Å². The van der Waals surface area contributed by atoms with E-state index in [0.717, 1.165) is 28.8 Å². The van der Waals surface area contributed by atoms with E-state index in [4.69, 9.17) is 13.9 Å². The highest BCUT2D eigenvalue weighted by atomic mass is 32.2. The van der Waals surface area contributed by atoms with Gasteiger partial charge in [0.2, 0.25) is 11.8 Å². The minimum Gasteiger partial charge on any atom is -0.493 e. The highest BCUT2D eigenvalue weighted by Gasteiger charge is 2.16. The number of anilines is 1. The van der Waals surface area contributed by atoms with E-state index in [1.807, 2.05) is 20.9 Å². The zero-order chi connectivity index (χ0) is 20.3. The molecule has 3 aromatic rings. The zero-order valence-electron chi connectivity index (χ0n) is 16.3. The quantitative estimate of drug-likeness (QED) is 0.601. The molecular weight excluding hydrogens is 382 g/mol. The summed E-state index contributed by atoms with van der Waals surface area (Å²) in [5.41, 5.74) is 3.09. The van der Waals surface area contributed by atoms with Gasteiger partial charge in [-0.1, -0.05) is 11.8 Å².